The van der Waals surface area contributed by atoms with Crippen LogP contribution >= 0.6 is 0 Å². The van der Waals surface area contributed by atoms with Gasteiger partial charge in [0.25, 0.3) is 11.8 Å². The Balaban J connectivity index is 1.49. The van der Waals surface area contributed by atoms with Crippen LogP contribution in [0, 0.1) is 11.8 Å². The van der Waals surface area contributed by atoms with Gasteiger partial charge >= 0.3 is 11.9 Å². The van der Waals surface area contributed by atoms with Crippen molar-refractivity contribution in [3.8, 4) is 11.5 Å². The number of amides is 3. The molecule has 1 saturated carbocycles. The zero-order chi connectivity index (χ0) is 33.1. The Hall–Kier alpha value is -4.01. The number of unbranched alkanes of at least 4 members (excludes halogenated alkanes) is 2. The topological polar surface area (TPSA) is 209 Å². The number of aliphatic hydroxyl groups excluding tert-OH is 3. The molecule has 1 heterocycles. The first-order chi connectivity index (χ1) is 21.4. The highest BCUT2D eigenvalue weighted by Crippen LogP contribution is 2.32. The molecule has 1 fully saturated rings. The molecule has 248 valence electrons. The van der Waals surface area contributed by atoms with E-state index in [1.807, 2.05) is 0 Å². The number of imide groups is 1. The van der Waals surface area contributed by atoms with E-state index in [-0.39, 0.29) is 49.0 Å². The Kier molecular flexibility index (Phi) is 13.3. The lowest BCUT2D eigenvalue weighted by atomic mass is 9.81. The molecule has 1 aliphatic carbocycles. The summed E-state index contributed by atoms with van der Waals surface area (Å²) in [5.74, 6) is -3.68. The highest BCUT2D eigenvalue weighted by atomic mass is 16.5. The summed E-state index contributed by atoms with van der Waals surface area (Å²) in [6.07, 6.45) is -1.13. The van der Waals surface area contributed by atoms with Crippen LogP contribution in [0.2, 0.25) is 0 Å². The number of rotatable bonds is 17. The van der Waals surface area contributed by atoms with Crippen LogP contribution in [0.3, 0.4) is 0 Å². The van der Waals surface area contributed by atoms with Crippen molar-refractivity contribution in [2.45, 2.75) is 83.4 Å². The third kappa shape index (κ3) is 10.3. The van der Waals surface area contributed by atoms with Gasteiger partial charge in [0.15, 0.2) is 0 Å². The molecule has 14 heteroatoms. The smallest absolute Gasteiger partial charge is 0.309 e. The maximum atomic E-state index is 12.2. The number of hydrogen-bond acceptors (Lipinski definition) is 11. The van der Waals surface area contributed by atoms with E-state index in [2.05, 4.69) is 5.32 Å². The fourth-order valence-electron chi connectivity index (χ4n) is 4.86. The molecule has 1 aromatic rings. The second-order valence-electron chi connectivity index (χ2n) is 11.4. The SMILES string of the molecule is CC(C)C(=O)OCc1ccc(O[C@@H]2C[C@H](C(=O)O)[C@@H](O)[C@H](O)[C@H]2O)cc1OCCCNC(=O)CCCCCN1C(=O)C=CC1=O. The number of carbonyl (C=O) groups excluding carboxylic acids is 4. The second-order valence-corrected chi connectivity index (χ2v) is 11.4. The number of ether oxygens (including phenoxy) is 3. The highest BCUT2D eigenvalue weighted by molar-refractivity contribution is 6.12. The van der Waals surface area contributed by atoms with Gasteiger partial charge in [0.05, 0.1) is 24.5 Å². The molecule has 0 bridgehead atoms. The predicted octanol–water partition coefficient (Wildman–Crippen LogP) is 0.691. The average molecular weight is 635 g/mol. The van der Waals surface area contributed by atoms with Gasteiger partial charge in [-0.1, -0.05) is 20.3 Å². The summed E-state index contributed by atoms with van der Waals surface area (Å²) in [5.41, 5.74) is 0.525. The van der Waals surface area contributed by atoms with E-state index in [9.17, 15) is 44.4 Å². The van der Waals surface area contributed by atoms with E-state index in [0.717, 1.165) is 0 Å². The molecule has 0 aromatic heterocycles. The molecule has 2 aliphatic rings. The van der Waals surface area contributed by atoms with Crippen molar-refractivity contribution < 1.29 is 58.6 Å². The minimum absolute atomic E-state index is 0.0853. The number of nitrogens with zero attached hydrogens (tertiary/aromatic N) is 1. The third-order valence-corrected chi connectivity index (χ3v) is 7.55. The third-order valence-electron chi connectivity index (χ3n) is 7.55. The normalized spacial score (nSPS) is 22.9. The first-order valence-corrected chi connectivity index (χ1v) is 15.0. The van der Waals surface area contributed by atoms with E-state index < -0.39 is 42.3 Å². The van der Waals surface area contributed by atoms with E-state index in [1.54, 1.807) is 19.9 Å². The number of carboxylic acid groups (broad SMARTS) is 1. The Morgan fingerprint density at radius 3 is 2.36 bits per heavy atom. The van der Waals surface area contributed by atoms with Crippen LogP contribution in [0.4, 0.5) is 0 Å². The highest BCUT2D eigenvalue weighted by Gasteiger charge is 2.47. The molecule has 1 aromatic carbocycles. The van der Waals surface area contributed by atoms with Crippen molar-refractivity contribution in [1.29, 1.82) is 0 Å². The molecule has 5 N–H and O–H groups in total. The van der Waals surface area contributed by atoms with Crippen molar-refractivity contribution in [2.75, 3.05) is 19.7 Å². The molecule has 0 radical (unpaired) electrons. The predicted molar refractivity (Wildman–Crippen MR) is 157 cm³/mol. The number of esters is 1. The van der Waals surface area contributed by atoms with Crippen molar-refractivity contribution >= 4 is 29.7 Å². The molecular formula is C31H42N2O12. The Morgan fingerprint density at radius 1 is 0.978 bits per heavy atom. The molecule has 14 nitrogen and oxygen atoms in total. The van der Waals surface area contributed by atoms with Crippen molar-refractivity contribution in [1.82, 2.24) is 10.2 Å². The van der Waals surface area contributed by atoms with Crippen molar-refractivity contribution in [3.05, 3.63) is 35.9 Å². The van der Waals surface area contributed by atoms with Gasteiger partial charge in [-0.05, 0) is 31.4 Å². The zero-order valence-corrected chi connectivity index (χ0v) is 25.4. The summed E-state index contributed by atoms with van der Waals surface area (Å²) in [6, 6.07) is 4.63. The summed E-state index contributed by atoms with van der Waals surface area (Å²) < 4.78 is 17.1. The van der Waals surface area contributed by atoms with Crippen LogP contribution in [0.25, 0.3) is 0 Å². The minimum atomic E-state index is -1.71. The summed E-state index contributed by atoms with van der Waals surface area (Å²) in [4.78, 5) is 60.0. The number of nitrogens with one attached hydrogen (secondary N) is 1. The van der Waals surface area contributed by atoms with Gasteiger partial charge in [0.2, 0.25) is 5.91 Å². The zero-order valence-electron chi connectivity index (χ0n) is 25.4. The van der Waals surface area contributed by atoms with E-state index >= 15 is 0 Å². The van der Waals surface area contributed by atoms with Gasteiger partial charge < -0.3 is 40.0 Å². The standard InChI is InChI=1S/C31H42N2O12/c1-18(2)31(42)44-17-19-8-9-20(45-23-16-21(30(40)41)27(37)29(39)28(23)38)15-22(19)43-14-6-12-32-24(34)7-4-3-5-13-33-25(35)10-11-26(33)36/h8-11,15,18,21,23,27-29,37-39H,3-7,12-14,16-17H2,1-2H3,(H,32,34)(H,40,41)/t21-,23+,27+,28-,29-/m0/s1. The van der Waals surface area contributed by atoms with Crippen LogP contribution in [0.5, 0.6) is 11.5 Å². The van der Waals surface area contributed by atoms with Crippen LogP contribution in [-0.4, -0.2) is 99.1 Å². The Morgan fingerprint density at radius 2 is 1.69 bits per heavy atom. The summed E-state index contributed by atoms with van der Waals surface area (Å²) in [7, 11) is 0. The number of carbonyl (C=O) groups is 5. The second kappa shape index (κ2) is 16.9. The lowest BCUT2D eigenvalue weighted by Crippen LogP contribution is -2.57. The summed E-state index contributed by atoms with van der Waals surface area (Å²) in [6.45, 7) is 4.15. The monoisotopic (exact) mass is 634 g/mol. The van der Waals surface area contributed by atoms with E-state index in [4.69, 9.17) is 14.2 Å². The maximum absolute atomic E-state index is 12.2. The molecule has 3 rings (SSSR count). The van der Waals surface area contributed by atoms with Crippen molar-refractivity contribution in [2.24, 2.45) is 11.8 Å². The summed E-state index contributed by atoms with van der Waals surface area (Å²) in [5, 5.41) is 42.8. The maximum Gasteiger partial charge on any atom is 0.309 e. The van der Waals surface area contributed by atoms with Crippen LogP contribution in [0.15, 0.2) is 30.4 Å². The minimum Gasteiger partial charge on any atom is -0.493 e. The quantitative estimate of drug-likeness (QED) is 0.0911. The van der Waals surface area contributed by atoms with E-state index in [1.165, 1.54) is 29.2 Å². The van der Waals surface area contributed by atoms with Gasteiger partial charge in [-0.25, -0.2) is 0 Å². The van der Waals surface area contributed by atoms with Gasteiger partial charge in [-0.3, -0.25) is 28.9 Å². The fraction of sp³-hybridized carbons (Fsp3) is 0.581. The van der Waals surface area contributed by atoms with Gasteiger partial charge in [0.1, 0.15) is 36.4 Å². The van der Waals surface area contributed by atoms with Crippen LogP contribution < -0.4 is 14.8 Å². The van der Waals surface area contributed by atoms with Crippen LogP contribution in [-0.2, 0) is 35.3 Å². The average Bonchev–Trinajstić information content (AvgIpc) is 3.32. The largest absolute Gasteiger partial charge is 0.493 e. The molecule has 1 aliphatic heterocycles. The molecule has 0 saturated heterocycles. The van der Waals surface area contributed by atoms with Gasteiger partial charge in [-0.15, -0.1) is 0 Å². The molecule has 3 amide bonds. The first-order valence-electron chi connectivity index (χ1n) is 15.0. The molecule has 0 spiro atoms. The van der Waals surface area contributed by atoms with Crippen LogP contribution in [0.1, 0.15) is 57.9 Å². The van der Waals surface area contributed by atoms with E-state index in [0.29, 0.717) is 56.5 Å². The summed E-state index contributed by atoms with van der Waals surface area (Å²) >= 11 is 0. The number of carboxylic acids is 1. The van der Waals surface area contributed by atoms with Crippen molar-refractivity contribution in [3.63, 3.8) is 0 Å². The lowest BCUT2D eigenvalue weighted by Gasteiger charge is -2.38. The Bertz CT molecular complexity index is 1230. The van der Waals surface area contributed by atoms with Gasteiger partial charge in [-0.2, -0.15) is 0 Å². The number of hydrogen-bond donors (Lipinski definition) is 5. The Labute approximate surface area is 260 Å². The number of aliphatic carboxylic acids is 1. The number of benzene rings is 1. The molecular weight excluding hydrogens is 592 g/mol. The lowest BCUT2D eigenvalue weighted by molar-refractivity contribution is -0.174. The molecule has 45 heavy (non-hydrogen) atoms. The fourth-order valence-corrected chi connectivity index (χ4v) is 4.86. The molecule has 0 unspecified atom stereocenters. The molecule has 5 atom stereocenters. The first kappa shape index (κ1) is 35.5. The number of aliphatic hydroxyl groups is 3. The van der Waals surface area contributed by atoms with Gasteiger partial charge in [0, 0.05) is 49.7 Å².